The van der Waals surface area contributed by atoms with Gasteiger partial charge in [-0.3, -0.25) is 0 Å². The van der Waals surface area contributed by atoms with E-state index in [1.807, 2.05) is 0 Å². The molecular weight excluding hydrogens is 186 g/mol. The lowest BCUT2D eigenvalue weighted by molar-refractivity contribution is 0.503. The molecule has 0 radical (unpaired) electrons. The van der Waals surface area contributed by atoms with Gasteiger partial charge in [0.15, 0.2) is 0 Å². The molecule has 1 atom stereocenters. The van der Waals surface area contributed by atoms with Crippen molar-refractivity contribution in [1.82, 2.24) is 4.98 Å². The molecule has 0 aromatic carbocycles. The summed E-state index contributed by atoms with van der Waals surface area (Å²) >= 11 is 0. The van der Waals surface area contributed by atoms with E-state index in [-0.39, 0.29) is 0 Å². The fraction of sp³-hybridized carbons (Fsp3) is 0.583. The van der Waals surface area contributed by atoms with Crippen molar-refractivity contribution < 1.29 is 0 Å². The number of piperidine rings is 1. The van der Waals surface area contributed by atoms with Gasteiger partial charge in [0.2, 0.25) is 0 Å². The highest BCUT2D eigenvalue weighted by atomic mass is 15.2. The molecule has 3 nitrogen and oxygen atoms in total. The van der Waals surface area contributed by atoms with E-state index < -0.39 is 0 Å². The molecule has 2 heterocycles. The normalized spacial score (nSPS) is 21.7. The van der Waals surface area contributed by atoms with Crippen molar-refractivity contribution in [3.05, 3.63) is 23.9 Å². The Hall–Kier alpha value is -1.09. The molecule has 2 rings (SSSR count). The van der Waals surface area contributed by atoms with Crippen LogP contribution in [0.15, 0.2) is 18.2 Å². The molecule has 82 valence electrons. The van der Waals surface area contributed by atoms with Crippen LogP contribution in [-0.4, -0.2) is 24.1 Å². The topological polar surface area (TPSA) is 42.1 Å². The first-order valence-corrected chi connectivity index (χ1v) is 5.76. The van der Waals surface area contributed by atoms with E-state index in [1.54, 1.807) is 0 Å². The van der Waals surface area contributed by atoms with E-state index >= 15 is 0 Å². The first-order chi connectivity index (χ1) is 7.29. The quantitative estimate of drug-likeness (QED) is 0.797. The number of aryl methyl sites for hydroxylation is 1. The molecule has 1 aliphatic rings. The minimum absolute atomic E-state index is 0.311. The molecular formula is C12H19N3. The van der Waals surface area contributed by atoms with Crippen molar-refractivity contribution >= 4 is 5.82 Å². The summed E-state index contributed by atoms with van der Waals surface area (Å²) in [5.74, 6) is 1.09. The van der Waals surface area contributed by atoms with Gasteiger partial charge in [0.05, 0.1) is 0 Å². The Morgan fingerprint density at radius 3 is 3.13 bits per heavy atom. The van der Waals surface area contributed by atoms with Crippen LogP contribution < -0.4 is 10.6 Å². The summed E-state index contributed by atoms with van der Waals surface area (Å²) in [5, 5.41) is 0. The Balaban J connectivity index is 2.13. The van der Waals surface area contributed by atoms with Gasteiger partial charge in [0.1, 0.15) is 5.82 Å². The molecule has 0 bridgehead atoms. The third-order valence-corrected chi connectivity index (χ3v) is 2.94. The maximum atomic E-state index is 5.96. The van der Waals surface area contributed by atoms with Crippen molar-refractivity contribution in [2.24, 2.45) is 5.73 Å². The summed E-state index contributed by atoms with van der Waals surface area (Å²) in [6.45, 7) is 4.17. The van der Waals surface area contributed by atoms with Gasteiger partial charge in [0, 0.05) is 24.8 Å². The van der Waals surface area contributed by atoms with E-state index in [0.29, 0.717) is 6.04 Å². The van der Waals surface area contributed by atoms with Crippen LogP contribution in [0.4, 0.5) is 5.82 Å². The molecule has 2 N–H and O–H groups in total. The summed E-state index contributed by atoms with van der Waals surface area (Å²) in [4.78, 5) is 6.92. The van der Waals surface area contributed by atoms with Crippen LogP contribution in [0, 0.1) is 0 Å². The fourth-order valence-electron chi connectivity index (χ4n) is 2.06. The lowest BCUT2D eigenvalue weighted by atomic mass is 10.1. The Morgan fingerprint density at radius 1 is 1.53 bits per heavy atom. The number of pyridine rings is 1. The molecule has 0 saturated carbocycles. The largest absolute Gasteiger partial charge is 0.355 e. The molecule has 1 aromatic heterocycles. The SMILES string of the molecule is CCc1cccc(N2CCC[C@@H](N)C2)n1. The van der Waals surface area contributed by atoms with Gasteiger partial charge in [-0.2, -0.15) is 0 Å². The monoisotopic (exact) mass is 205 g/mol. The summed E-state index contributed by atoms with van der Waals surface area (Å²) in [6, 6.07) is 6.55. The zero-order valence-electron chi connectivity index (χ0n) is 9.32. The van der Waals surface area contributed by atoms with Crippen LogP contribution in [0.2, 0.25) is 0 Å². The number of nitrogens with two attached hydrogens (primary N) is 1. The van der Waals surface area contributed by atoms with Gasteiger partial charge in [0.25, 0.3) is 0 Å². The van der Waals surface area contributed by atoms with Crippen LogP contribution >= 0.6 is 0 Å². The van der Waals surface area contributed by atoms with E-state index in [1.165, 1.54) is 6.42 Å². The minimum atomic E-state index is 0.311. The maximum Gasteiger partial charge on any atom is 0.128 e. The van der Waals surface area contributed by atoms with Gasteiger partial charge < -0.3 is 10.6 Å². The summed E-state index contributed by atoms with van der Waals surface area (Å²) in [5.41, 5.74) is 7.12. The number of hydrogen-bond donors (Lipinski definition) is 1. The molecule has 15 heavy (non-hydrogen) atoms. The van der Waals surface area contributed by atoms with E-state index in [0.717, 1.165) is 37.4 Å². The summed E-state index contributed by atoms with van der Waals surface area (Å²) in [7, 11) is 0. The lowest BCUT2D eigenvalue weighted by Gasteiger charge is -2.31. The Kier molecular flexibility index (Phi) is 3.21. The standard InChI is InChI=1S/C12H19N3/c1-2-11-6-3-7-12(14-11)15-8-4-5-10(13)9-15/h3,6-7,10H,2,4-5,8-9,13H2,1H3/t10-/m1/s1. The molecule has 1 saturated heterocycles. The number of rotatable bonds is 2. The zero-order chi connectivity index (χ0) is 10.7. The first kappa shape index (κ1) is 10.4. The molecule has 1 fully saturated rings. The Bertz CT molecular complexity index is 324. The predicted octanol–water partition coefficient (Wildman–Crippen LogP) is 1.57. The molecule has 0 unspecified atom stereocenters. The summed E-state index contributed by atoms with van der Waals surface area (Å²) in [6.07, 6.45) is 3.32. The smallest absolute Gasteiger partial charge is 0.128 e. The number of nitrogens with zero attached hydrogens (tertiary/aromatic N) is 2. The van der Waals surface area contributed by atoms with Gasteiger partial charge in [-0.25, -0.2) is 4.98 Å². The fourth-order valence-corrected chi connectivity index (χ4v) is 2.06. The van der Waals surface area contributed by atoms with Crippen molar-refractivity contribution in [3.63, 3.8) is 0 Å². The highest BCUT2D eigenvalue weighted by Crippen LogP contribution is 2.17. The van der Waals surface area contributed by atoms with Crippen LogP contribution in [0.3, 0.4) is 0 Å². The van der Waals surface area contributed by atoms with Crippen molar-refractivity contribution in [2.75, 3.05) is 18.0 Å². The van der Waals surface area contributed by atoms with E-state index in [2.05, 4.69) is 35.0 Å². The Labute approximate surface area is 91.3 Å². The van der Waals surface area contributed by atoms with Crippen LogP contribution in [-0.2, 0) is 6.42 Å². The molecule has 3 heteroatoms. The van der Waals surface area contributed by atoms with E-state index in [4.69, 9.17) is 5.73 Å². The summed E-state index contributed by atoms with van der Waals surface area (Å²) < 4.78 is 0. The number of hydrogen-bond acceptors (Lipinski definition) is 3. The van der Waals surface area contributed by atoms with Crippen molar-refractivity contribution in [3.8, 4) is 0 Å². The average Bonchev–Trinajstić information content (AvgIpc) is 2.29. The van der Waals surface area contributed by atoms with E-state index in [9.17, 15) is 0 Å². The van der Waals surface area contributed by atoms with Crippen LogP contribution in [0.1, 0.15) is 25.5 Å². The second kappa shape index (κ2) is 4.62. The van der Waals surface area contributed by atoms with Gasteiger partial charge in [-0.05, 0) is 31.4 Å². The third-order valence-electron chi connectivity index (χ3n) is 2.94. The lowest BCUT2D eigenvalue weighted by Crippen LogP contribution is -2.43. The van der Waals surface area contributed by atoms with Crippen molar-refractivity contribution in [2.45, 2.75) is 32.2 Å². The highest BCUT2D eigenvalue weighted by Gasteiger charge is 2.17. The highest BCUT2D eigenvalue weighted by molar-refractivity contribution is 5.40. The second-order valence-electron chi connectivity index (χ2n) is 4.19. The van der Waals surface area contributed by atoms with Gasteiger partial charge >= 0.3 is 0 Å². The molecule has 0 spiro atoms. The molecule has 1 aromatic rings. The maximum absolute atomic E-state index is 5.96. The van der Waals surface area contributed by atoms with Crippen LogP contribution in [0.5, 0.6) is 0 Å². The average molecular weight is 205 g/mol. The predicted molar refractivity (Wildman–Crippen MR) is 63.0 cm³/mol. The van der Waals surface area contributed by atoms with Crippen LogP contribution in [0.25, 0.3) is 0 Å². The minimum Gasteiger partial charge on any atom is -0.355 e. The number of aromatic nitrogens is 1. The van der Waals surface area contributed by atoms with Gasteiger partial charge in [-0.15, -0.1) is 0 Å². The second-order valence-corrected chi connectivity index (χ2v) is 4.19. The Morgan fingerprint density at radius 2 is 2.40 bits per heavy atom. The molecule has 0 aliphatic carbocycles. The molecule has 1 aliphatic heterocycles. The number of anilines is 1. The third kappa shape index (κ3) is 2.48. The molecule has 0 amide bonds. The first-order valence-electron chi connectivity index (χ1n) is 5.76. The van der Waals surface area contributed by atoms with Crippen molar-refractivity contribution in [1.29, 1.82) is 0 Å². The van der Waals surface area contributed by atoms with Gasteiger partial charge in [-0.1, -0.05) is 13.0 Å². The zero-order valence-corrected chi connectivity index (χ0v) is 9.32.